The van der Waals surface area contributed by atoms with Crippen LogP contribution in [-0.4, -0.2) is 17.9 Å². The van der Waals surface area contributed by atoms with E-state index in [1.54, 1.807) is 12.3 Å². The van der Waals surface area contributed by atoms with Gasteiger partial charge in [-0.05, 0) is 48.5 Å². The number of hydrogen-bond donors (Lipinski definition) is 1. The number of amides is 1. The Balaban J connectivity index is 1.70. The maximum absolute atomic E-state index is 12.9. The molecule has 0 aliphatic rings. The highest BCUT2D eigenvalue weighted by molar-refractivity contribution is 6.03. The first-order valence-electron chi connectivity index (χ1n) is 7.45. The first-order chi connectivity index (χ1) is 11.6. The van der Waals surface area contributed by atoms with Crippen LogP contribution < -0.4 is 10.2 Å². The molecule has 1 heterocycles. The van der Waals surface area contributed by atoms with E-state index in [2.05, 4.69) is 10.3 Å². The molecule has 0 atom stereocenters. The fourth-order valence-electron chi connectivity index (χ4n) is 2.25. The SMILES string of the molecule is CN(c1ccccc1)c1ccc(NC(=O)c2ccc(F)cc2)nc1. The summed E-state index contributed by atoms with van der Waals surface area (Å²) in [5.74, 6) is -0.265. The van der Waals surface area contributed by atoms with Crippen molar-refractivity contribution in [3.63, 3.8) is 0 Å². The molecule has 0 fully saturated rings. The van der Waals surface area contributed by atoms with Gasteiger partial charge in [-0.15, -0.1) is 0 Å². The topological polar surface area (TPSA) is 45.2 Å². The van der Waals surface area contributed by atoms with Crippen molar-refractivity contribution >= 4 is 23.1 Å². The molecule has 3 aromatic rings. The Bertz CT molecular complexity index is 817. The van der Waals surface area contributed by atoms with E-state index >= 15 is 0 Å². The van der Waals surface area contributed by atoms with Crippen molar-refractivity contribution in [2.45, 2.75) is 0 Å². The zero-order valence-corrected chi connectivity index (χ0v) is 13.1. The van der Waals surface area contributed by atoms with E-state index in [4.69, 9.17) is 0 Å². The Labute approximate surface area is 139 Å². The number of carbonyl (C=O) groups excluding carboxylic acids is 1. The molecule has 2 aromatic carbocycles. The summed E-state index contributed by atoms with van der Waals surface area (Å²) in [6.45, 7) is 0. The molecule has 120 valence electrons. The Hall–Kier alpha value is -3.21. The summed E-state index contributed by atoms with van der Waals surface area (Å²) in [5.41, 5.74) is 2.33. The minimum Gasteiger partial charge on any atom is -0.343 e. The zero-order chi connectivity index (χ0) is 16.9. The molecule has 0 saturated carbocycles. The number of carbonyl (C=O) groups is 1. The third kappa shape index (κ3) is 3.57. The smallest absolute Gasteiger partial charge is 0.256 e. The Kier molecular flexibility index (Phi) is 4.52. The summed E-state index contributed by atoms with van der Waals surface area (Å²) in [6, 6.07) is 18.9. The molecule has 1 N–H and O–H groups in total. The van der Waals surface area contributed by atoms with Crippen molar-refractivity contribution in [2.24, 2.45) is 0 Å². The number of aromatic nitrogens is 1. The van der Waals surface area contributed by atoms with Crippen LogP contribution in [0.2, 0.25) is 0 Å². The lowest BCUT2D eigenvalue weighted by Crippen LogP contribution is -2.14. The second kappa shape index (κ2) is 6.91. The van der Waals surface area contributed by atoms with Crippen LogP contribution in [0.1, 0.15) is 10.4 Å². The van der Waals surface area contributed by atoms with Crippen molar-refractivity contribution in [3.8, 4) is 0 Å². The Morgan fingerprint density at radius 3 is 2.29 bits per heavy atom. The van der Waals surface area contributed by atoms with Gasteiger partial charge in [0.25, 0.3) is 5.91 Å². The average Bonchev–Trinajstić information content (AvgIpc) is 2.63. The molecule has 24 heavy (non-hydrogen) atoms. The highest BCUT2D eigenvalue weighted by Crippen LogP contribution is 2.23. The van der Waals surface area contributed by atoms with Crippen molar-refractivity contribution in [1.29, 1.82) is 0 Å². The van der Waals surface area contributed by atoms with Crippen LogP contribution in [0.15, 0.2) is 72.9 Å². The van der Waals surface area contributed by atoms with Gasteiger partial charge < -0.3 is 10.2 Å². The van der Waals surface area contributed by atoms with Gasteiger partial charge in [-0.3, -0.25) is 4.79 Å². The van der Waals surface area contributed by atoms with E-state index in [0.717, 1.165) is 11.4 Å². The third-order valence-electron chi connectivity index (χ3n) is 3.63. The number of hydrogen-bond acceptors (Lipinski definition) is 3. The molecule has 1 amide bonds. The van der Waals surface area contributed by atoms with Gasteiger partial charge in [-0.25, -0.2) is 9.37 Å². The van der Waals surface area contributed by atoms with Crippen LogP contribution >= 0.6 is 0 Å². The summed E-state index contributed by atoms with van der Waals surface area (Å²) in [6.07, 6.45) is 1.69. The van der Waals surface area contributed by atoms with Gasteiger partial charge in [0.1, 0.15) is 11.6 Å². The van der Waals surface area contributed by atoms with Crippen LogP contribution in [0.5, 0.6) is 0 Å². The molecule has 3 rings (SSSR count). The number of nitrogens with one attached hydrogen (secondary N) is 1. The molecule has 0 aliphatic carbocycles. The van der Waals surface area contributed by atoms with Gasteiger partial charge in [0.05, 0.1) is 11.9 Å². The first kappa shape index (κ1) is 15.7. The van der Waals surface area contributed by atoms with E-state index in [1.807, 2.05) is 48.3 Å². The second-order valence-electron chi connectivity index (χ2n) is 5.26. The number of para-hydroxylation sites is 1. The molecule has 0 radical (unpaired) electrons. The van der Waals surface area contributed by atoms with E-state index in [1.165, 1.54) is 24.3 Å². The van der Waals surface area contributed by atoms with Gasteiger partial charge in [0, 0.05) is 18.3 Å². The van der Waals surface area contributed by atoms with Crippen LogP contribution in [0.4, 0.5) is 21.6 Å². The van der Waals surface area contributed by atoms with Crippen molar-refractivity contribution in [1.82, 2.24) is 4.98 Å². The first-order valence-corrected chi connectivity index (χ1v) is 7.45. The maximum Gasteiger partial charge on any atom is 0.256 e. The van der Waals surface area contributed by atoms with Crippen molar-refractivity contribution < 1.29 is 9.18 Å². The molecule has 0 aliphatic heterocycles. The molecule has 1 aromatic heterocycles. The minimum absolute atomic E-state index is 0.327. The summed E-state index contributed by atoms with van der Waals surface area (Å²) in [7, 11) is 1.95. The fourth-order valence-corrected chi connectivity index (χ4v) is 2.25. The normalized spacial score (nSPS) is 10.2. The van der Waals surface area contributed by atoms with Crippen LogP contribution in [-0.2, 0) is 0 Å². The maximum atomic E-state index is 12.9. The van der Waals surface area contributed by atoms with E-state index < -0.39 is 0 Å². The molecule has 5 heteroatoms. The molecule has 0 bridgehead atoms. The molecule has 0 unspecified atom stereocenters. The summed E-state index contributed by atoms with van der Waals surface area (Å²) in [5, 5.41) is 2.69. The van der Waals surface area contributed by atoms with Gasteiger partial charge in [-0.1, -0.05) is 18.2 Å². The predicted octanol–water partition coefficient (Wildman–Crippen LogP) is 4.24. The fraction of sp³-hybridized carbons (Fsp3) is 0.0526. The van der Waals surface area contributed by atoms with E-state index in [0.29, 0.717) is 11.4 Å². The predicted molar refractivity (Wildman–Crippen MR) is 93.1 cm³/mol. The molecular weight excluding hydrogens is 305 g/mol. The summed E-state index contributed by atoms with van der Waals surface area (Å²) >= 11 is 0. The van der Waals surface area contributed by atoms with Crippen LogP contribution in [0, 0.1) is 5.82 Å². The van der Waals surface area contributed by atoms with Crippen LogP contribution in [0.25, 0.3) is 0 Å². The van der Waals surface area contributed by atoms with Gasteiger partial charge in [0.15, 0.2) is 0 Å². The summed E-state index contributed by atoms with van der Waals surface area (Å²) in [4.78, 5) is 18.3. The van der Waals surface area contributed by atoms with Gasteiger partial charge in [-0.2, -0.15) is 0 Å². The number of pyridine rings is 1. The lowest BCUT2D eigenvalue weighted by Gasteiger charge is -2.19. The number of rotatable bonds is 4. The standard InChI is InChI=1S/C19H16FN3O/c1-23(16-5-3-2-4-6-16)17-11-12-18(21-13-17)22-19(24)14-7-9-15(20)10-8-14/h2-13H,1H3,(H,21,22,24). The zero-order valence-electron chi connectivity index (χ0n) is 13.1. The number of benzene rings is 2. The highest BCUT2D eigenvalue weighted by atomic mass is 19.1. The third-order valence-corrected chi connectivity index (χ3v) is 3.63. The Morgan fingerprint density at radius 1 is 0.958 bits per heavy atom. The molecule has 0 saturated heterocycles. The highest BCUT2D eigenvalue weighted by Gasteiger charge is 2.08. The largest absolute Gasteiger partial charge is 0.343 e. The molecular formula is C19H16FN3O. The number of anilines is 3. The minimum atomic E-state index is -0.377. The Morgan fingerprint density at radius 2 is 1.67 bits per heavy atom. The quantitative estimate of drug-likeness (QED) is 0.782. The summed E-state index contributed by atoms with van der Waals surface area (Å²) < 4.78 is 12.9. The van der Waals surface area contributed by atoms with Gasteiger partial charge in [0.2, 0.25) is 0 Å². The van der Waals surface area contributed by atoms with Crippen molar-refractivity contribution in [2.75, 3.05) is 17.3 Å². The van der Waals surface area contributed by atoms with Gasteiger partial charge >= 0.3 is 0 Å². The second-order valence-corrected chi connectivity index (χ2v) is 5.26. The lowest BCUT2D eigenvalue weighted by atomic mass is 10.2. The molecule has 0 spiro atoms. The van der Waals surface area contributed by atoms with Crippen LogP contribution in [0.3, 0.4) is 0 Å². The monoisotopic (exact) mass is 321 g/mol. The van der Waals surface area contributed by atoms with E-state index in [-0.39, 0.29) is 11.7 Å². The van der Waals surface area contributed by atoms with Crippen molar-refractivity contribution in [3.05, 3.63) is 84.3 Å². The van der Waals surface area contributed by atoms with E-state index in [9.17, 15) is 9.18 Å². The molecule has 4 nitrogen and oxygen atoms in total. The lowest BCUT2D eigenvalue weighted by molar-refractivity contribution is 0.102. The number of nitrogens with zero attached hydrogens (tertiary/aromatic N) is 2. The number of halogens is 1. The average molecular weight is 321 g/mol.